The number of ketones is 1. The summed E-state index contributed by atoms with van der Waals surface area (Å²) in [6, 6.07) is 19.4. The minimum absolute atomic E-state index is 0.213. The molecule has 114 valence electrons. The Morgan fingerprint density at radius 3 is 2.14 bits per heavy atom. The number of hydrogen-bond donors (Lipinski definition) is 0. The fourth-order valence-corrected chi connectivity index (χ4v) is 2.43. The summed E-state index contributed by atoms with van der Waals surface area (Å²) in [5.74, 6) is -1.67. The summed E-state index contributed by atoms with van der Waals surface area (Å²) in [7, 11) is 0. The van der Waals surface area contributed by atoms with Crippen molar-refractivity contribution in [2.45, 2.75) is 25.7 Å². The third-order valence-electron chi connectivity index (χ3n) is 3.56. The average molecular weight is 296 g/mol. The molecule has 0 aliphatic carbocycles. The van der Waals surface area contributed by atoms with Gasteiger partial charge in [-0.25, -0.2) is 4.79 Å². The van der Waals surface area contributed by atoms with Gasteiger partial charge in [0.05, 0.1) is 12.5 Å². The van der Waals surface area contributed by atoms with Crippen LogP contribution in [0.4, 0.5) is 0 Å². The van der Waals surface area contributed by atoms with Crippen molar-refractivity contribution in [1.29, 1.82) is 0 Å². The van der Waals surface area contributed by atoms with E-state index >= 15 is 0 Å². The Morgan fingerprint density at radius 1 is 0.955 bits per heavy atom. The maximum absolute atomic E-state index is 12.4. The van der Waals surface area contributed by atoms with Gasteiger partial charge in [-0.2, -0.15) is 0 Å². The van der Waals surface area contributed by atoms with Crippen molar-refractivity contribution in [2.75, 3.05) is 6.61 Å². The van der Waals surface area contributed by atoms with Crippen molar-refractivity contribution < 1.29 is 14.3 Å². The number of carbonyl (C=O) groups excluding carboxylic acids is 2. The molecule has 2 aromatic carbocycles. The summed E-state index contributed by atoms with van der Waals surface area (Å²) < 4.78 is 4.87. The van der Waals surface area contributed by atoms with Gasteiger partial charge in [-0.15, -0.1) is 0 Å². The molecule has 2 aromatic rings. The highest BCUT2D eigenvalue weighted by atomic mass is 16.5. The van der Waals surface area contributed by atoms with E-state index in [1.165, 1.54) is 0 Å². The van der Waals surface area contributed by atoms with Crippen LogP contribution >= 0.6 is 0 Å². The summed E-state index contributed by atoms with van der Waals surface area (Å²) in [6.45, 7) is 1.91. The first-order valence-corrected chi connectivity index (χ1v) is 7.52. The Kier molecular flexibility index (Phi) is 5.90. The monoisotopic (exact) mass is 296 g/mol. The largest absolute Gasteiger partial charge is 0.460 e. The highest BCUT2D eigenvalue weighted by molar-refractivity contribution is 6.35. The van der Waals surface area contributed by atoms with E-state index in [4.69, 9.17) is 4.74 Å². The lowest BCUT2D eigenvalue weighted by Gasteiger charge is -2.15. The molecule has 0 spiro atoms. The minimum Gasteiger partial charge on any atom is -0.460 e. The molecular formula is C19H20O3. The number of ether oxygens (including phenoxy) is 1. The first-order valence-electron chi connectivity index (χ1n) is 7.52. The number of carbonyl (C=O) groups is 2. The van der Waals surface area contributed by atoms with Crippen LogP contribution < -0.4 is 0 Å². The van der Waals surface area contributed by atoms with E-state index in [9.17, 15) is 9.59 Å². The first-order chi connectivity index (χ1) is 10.7. The standard InChI is InChI=1S/C19H20O3/c1-2-22-19(21)18(20)17(16-11-7-4-8-12-16)14-13-15-9-5-3-6-10-15/h3-12,17H,2,13-14H2,1H3. The first kappa shape index (κ1) is 16.0. The van der Waals surface area contributed by atoms with Gasteiger partial charge in [0, 0.05) is 0 Å². The zero-order chi connectivity index (χ0) is 15.8. The van der Waals surface area contributed by atoms with Gasteiger partial charge in [-0.1, -0.05) is 60.7 Å². The van der Waals surface area contributed by atoms with Gasteiger partial charge in [0.15, 0.2) is 0 Å². The molecule has 0 aromatic heterocycles. The second-order valence-electron chi connectivity index (χ2n) is 5.07. The van der Waals surface area contributed by atoms with Crippen LogP contribution in [-0.4, -0.2) is 18.4 Å². The van der Waals surface area contributed by atoms with Crippen LogP contribution in [0, 0.1) is 0 Å². The van der Waals surface area contributed by atoms with Crippen LogP contribution in [-0.2, 0) is 20.7 Å². The predicted octanol–water partition coefficient (Wildman–Crippen LogP) is 3.54. The third kappa shape index (κ3) is 4.29. The fourth-order valence-electron chi connectivity index (χ4n) is 2.43. The van der Waals surface area contributed by atoms with Crippen molar-refractivity contribution in [3.05, 3.63) is 71.8 Å². The molecule has 2 rings (SSSR count). The Morgan fingerprint density at radius 2 is 1.55 bits per heavy atom. The summed E-state index contributed by atoms with van der Waals surface area (Å²) in [5, 5.41) is 0. The molecule has 0 saturated carbocycles. The summed E-state index contributed by atoms with van der Waals surface area (Å²) in [5.41, 5.74) is 2.01. The molecule has 1 atom stereocenters. The summed E-state index contributed by atoms with van der Waals surface area (Å²) in [6.07, 6.45) is 1.33. The maximum Gasteiger partial charge on any atom is 0.375 e. The topological polar surface area (TPSA) is 43.4 Å². The zero-order valence-corrected chi connectivity index (χ0v) is 12.7. The van der Waals surface area contributed by atoms with Crippen molar-refractivity contribution in [1.82, 2.24) is 0 Å². The van der Waals surface area contributed by atoms with E-state index in [0.29, 0.717) is 6.42 Å². The Labute approximate surface area is 130 Å². The molecule has 3 heteroatoms. The van der Waals surface area contributed by atoms with E-state index in [1.807, 2.05) is 60.7 Å². The van der Waals surface area contributed by atoms with Crippen molar-refractivity contribution in [2.24, 2.45) is 0 Å². The van der Waals surface area contributed by atoms with E-state index in [-0.39, 0.29) is 6.61 Å². The Balaban J connectivity index is 2.15. The van der Waals surface area contributed by atoms with Crippen LogP contribution in [0.2, 0.25) is 0 Å². The molecule has 1 unspecified atom stereocenters. The van der Waals surface area contributed by atoms with Gasteiger partial charge in [-0.3, -0.25) is 4.79 Å². The van der Waals surface area contributed by atoms with Crippen LogP contribution in [0.1, 0.15) is 30.4 Å². The SMILES string of the molecule is CCOC(=O)C(=O)C(CCc1ccccc1)c1ccccc1. The van der Waals surface area contributed by atoms with E-state index < -0.39 is 17.7 Å². The quantitative estimate of drug-likeness (QED) is 0.580. The second-order valence-corrected chi connectivity index (χ2v) is 5.07. The number of benzene rings is 2. The number of Topliss-reactive ketones (excluding diaryl/α,β-unsaturated/α-hetero) is 1. The smallest absolute Gasteiger partial charge is 0.375 e. The highest BCUT2D eigenvalue weighted by Crippen LogP contribution is 2.23. The molecule has 3 nitrogen and oxygen atoms in total. The molecule has 22 heavy (non-hydrogen) atoms. The molecule has 0 N–H and O–H groups in total. The molecule has 0 bridgehead atoms. The maximum atomic E-state index is 12.4. The molecule has 0 heterocycles. The fraction of sp³-hybridized carbons (Fsp3) is 0.263. The van der Waals surface area contributed by atoms with E-state index in [2.05, 4.69) is 0 Å². The summed E-state index contributed by atoms with van der Waals surface area (Å²) >= 11 is 0. The van der Waals surface area contributed by atoms with Crippen LogP contribution in [0.15, 0.2) is 60.7 Å². The summed E-state index contributed by atoms with van der Waals surface area (Å²) in [4.78, 5) is 24.2. The normalized spacial score (nSPS) is 11.7. The molecule has 0 saturated heterocycles. The highest BCUT2D eigenvalue weighted by Gasteiger charge is 2.27. The number of rotatable bonds is 7. The number of esters is 1. The number of hydrogen-bond acceptors (Lipinski definition) is 3. The van der Waals surface area contributed by atoms with Gasteiger partial charge < -0.3 is 4.74 Å². The van der Waals surface area contributed by atoms with E-state index in [1.54, 1.807) is 6.92 Å². The molecular weight excluding hydrogens is 276 g/mol. The number of aryl methyl sites for hydroxylation is 1. The molecule has 0 radical (unpaired) electrons. The van der Waals surface area contributed by atoms with Gasteiger partial charge in [0.2, 0.25) is 5.78 Å². The van der Waals surface area contributed by atoms with Gasteiger partial charge >= 0.3 is 5.97 Å². The Hall–Kier alpha value is -2.42. The van der Waals surface area contributed by atoms with Crippen LogP contribution in [0.5, 0.6) is 0 Å². The van der Waals surface area contributed by atoms with Crippen LogP contribution in [0.3, 0.4) is 0 Å². The lowest BCUT2D eigenvalue weighted by molar-refractivity contribution is -0.154. The van der Waals surface area contributed by atoms with Crippen molar-refractivity contribution in [3.63, 3.8) is 0 Å². The molecule has 0 aliphatic rings. The zero-order valence-electron chi connectivity index (χ0n) is 12.7. The van der Waals surface area contributed by atoms with Crippen molar-refractivity contribution >= 4 is 11.8 Å². The van der Waals surface area contributed by atoms with Crippen molar-refractivity contribution in [3.8, 4) is 0 Å². The Bertz CT molecular complexity index is 605. The lowest BCUT2D eigenvalue weighted by atomic mass is 9.89. The van der Waals surface area contributed by atoms with Gasteiger partial charge in [0.1, 0.15) is 0 Å². The van der Waals surface area contributed by atoms with Gasteiger partial charge in [0.25, 0.3) is 0 Å². The minimum atomic E-state index is -0.746. The lowest BCUT2D eigenvalue weighted by Crippen LogP contribution is -2.25. The molecule has 0 amide bonds. The van der Waals surface area contributed by atoms with Gasteiger partial charge in [-0.05, 0) is 30.9 Å². The molecule has 0 aliphatic heterocycles. The molecule has 0 fully saturated rings. The second kappa shape index (κ2) is 8.13. The predicted molar refractivity (Wildman–Crippen MR) is 85.6 cm³/mol. The van der Waals surface area contributed by atoms with E-state index in [0.717, 1.165) is 17.5 Å². The average Bonchev–Trinajstić information content (AvgIpc) is 2.57. The van der Waals surface area contributed by atoms with Crippen LogP contribution in [0.25, 0.3) is 0 Å². The third-order valence-corrected chi connectivity index (χ3v) is 3.56.